The fourth-order valence-electron chi connectivity index (χ4n) is 3.03. The number of rotatable bonds is 9. The highest BCUT2D eigenvalue weighted by molar-refractivity contribution is 7.92. The van der Waals surface area contributed by atoms with Crippen molar-refractivity contribution in [1.29, 1.82) is 0 Å². The minimum absolute atomic E-state index is 0.0359. The van der Waals surface area contributed by atoms with Crippen molar-refractivity contribution in [3.05, 3.63) is 94.5 Å². The zero-order valence-electron chi connectivity index (χ0n) is 16.7. The quantitative estimate of drug-likeness (QED) is 0.444. The number of amides is 1. The number of hydrogen-bond acceptors (Lipinski definition) is 3. The van der Waals surface area contributed by atoms with Crippen LogP contribution in [-0.4, -0.2) is 27.4 Å². The summed E-state index contributed by atoms with van der Waals surface area (Å²) in [6, 6.07) is 22.2. The smallest absolute Gasteiger partial charge is 0.264 e. The fraction of sp³-hybridized carbons (Fsp3) is 0.174. The van der Waals surface area contributed by atoms with Crippen molar-refractivity contribution >= 4 is 44.8 Å². The maximum absolute atomic E-state index is 13.3. The summed E-state index contributed by atoms with van der Waals surface area (Å²) in [7, 11) is -4.00. The van der Waals surface area contributed by atoms with Crippen LogP contribution in [0.1, 0.15) is 12.0 Å². The van der Waals surface area contributed by atoms with E-state index in [0.29, 0.717) is 22.3 Å². The molecule has 8 heteroatoms. The average Bonchev–Trinajstić information content (AvgIpc) is 2.76. The first-order valence-corrected chi connectivity index (χ1v) is 11.9. The molecule has 0 aromatic heterocycles. The first-order chi connectivity index (χ1) is 14.9. The fourth-order valence-corrected chi connectivity index (χ4v) is 4.75. The number of carbonyl (C=O) groups is 1. The number of nitrogens with zero attached hydrogens (tertiary/aromatic N) is 1. The van der Waals surface area contributed by atoms with Crippen LogP contribution in [0.15, 0.2) is 83.8 Å². The van der Waals surface area contributed by atoms with Crippen LogP contribution in [0.5, 0.6) is 0 Å². The van der Waals surface area contributed by atoms with Gasteiger partial charge in [-0.1, -0.05) is 59.6 Å². The van der Waals surface area contributed by atoms with Gasteiger partial charge in [0.2, 0.25) is 5.91 Å². The van der Waals surface area contributed by atoms with Crippen LogP contribution in [-0.2, 0) is 21.2 Å². The predicted molar refractivity (Wildman–Crippen MR) is 125 cm³/mol. The molecule has 0 radical (unpaired) electrons. The van der Waals surface area contributed by atoms with Crippen LogP contribution in [0.4, 0.5) is 5.69 Å². The van der Waals surface area contributed by atoms with Crippen molar-refractivity contribution in [3.8, 4) is 0 Å². The summed E-state index contributed by atoms with van der Waals surface area (Å²) in [4.78, 5) is 12.6. The third-order valence-corrected chi connectivity index (χ3v) is 6.87. The Morgan fingerprint density at radius 1 is 0.871 bits per heavy atom. The molecule has 0 fully saturated rings. The van der Waals surface area contributed by atoms with Gasteiger partial charge in [0.15, 0.2) is 0 Å². The number of carbonyl (C=O) groups excluding carboxylic acids is 1. The number of aryl methyl sites for hydroxylation is 1. The van der Waals surface area contributed by atoms with Crippen LogP contribution in [0.3, 0.4) is 0 Å². The second-order valence-corrected chi connectivity index (χ2v) is 9.62. The molecule has 5 nitrogen and oxygen atoms in total. The van der Waals surface area contributed by atoms with E-state index in [0.717, 1.165) is 17.1 Å². The Bertz CT molecular complexity index is 1120. The van der Waals surface area contributed by atoms with E-state index in [1.165, 1.54) is 35.9 Å². The topological polar surface area (TPSA) is 66.5 Å². The lowest BCUT2D eigenvalue weighted by Crippen LogP contribution is -2.41. The maximum atomic E-state index is 13.3. The zero-order chi connectivity index (χ0) is 22.3. The molecule has 3 rings (SSSR count). The normalized spacial score (nSPS) is 11.2. The highest BCUT2D eigenvalue weighted by atomic mass is 35.5. The number of sulfonamides is 1. The summed E-state index contributed by atoms with van der Waals surface area (Å²) < 4.78 is 27.6. The van der Waals surface area contributed by atoms with Gasteiger partial charge < -0.3 is 5.32 Å². The predicted octanol–water partition coefficient (Wildman–Crippen LogP) is 4.94. The number of hydrogen-bond donors (Lipinski definition) is 1. The molecule has 3 aromatic rings. The third kappa shape index (κ3) is 6.47. The largest absolute Gasteiger partial charge is 0.355 e. The molecule has 0 atom stereocenters. The van der Waals surface area contributed by atoms with E-state index >= 15 is 0 Å². The summed E-state index contributed by atoms with van der Waals surface area (Å²) in [6.07, 6.45) is 1.57. The highest BCUT2D eigenvalue weighted by Crippen LogP contribution is 2.26. The Hall–Kier alpha value is -2.54. The van der Waals surface area contributed by atoms with Gasteiger partial charge in [0.05, 0.1) is 10.6 Å². The van der Waals surface area contributed by atoms with Crippen LogP contribution < -0.4 is 9.62 Å². The Morgan fingerprint density at radius 2 is 1.58 bits per heavy atom. The maximum Gasteiger partial charge on any atom is 0.264 e. The minimum Gasteiger partial charge on any atom is -0.355 e. The molecule has 1 N–H and O–H groups in total. The lowest BCUT2D eigenvalue weighted by molar-refractivity contribution is -0.119. The summed E-state index contributed by atoms with van der Waals surface area (Å²) in [5.74, 6) is -0.398. The molecule has 0 unspecified atom stereocenters. The Morgan fingerprint density at radius 3 is 2.26 bits per heavy atom. The molecule has 0 saturated heterocycles. The van der Waals surface area contributed by atoms with Crippen LogP contribution in [0, 0.1) is 0 Å². The van der Waals surface area contributed by atoms with E-state index in [9.17, 15) is 13.2 Å². The molecule has 162 valence electrons. The Labute approximate surface area is 192 Å². The van der Waals surface area contributed by atoms with Crippen molar-refractivity contribution < 1.29 is 13.2 Å². The summed E-state index contributed by atoms with van der Waals surface area (Å²) in [6.45, 7) is 0.0781. The Balaban J connectivity index is 1.72. The number of anilines is 1. The molecular formula is C23H22Cl2N2O3S. The summed E-state index contributed by atoms with van der Waals surface area (Å²) in [5, 5.41) is 3.59. The second kappa shape index (κ2) is 10.7. The van der Waals surface area contributed by atoms with Crippen molar-refractivity contribution in [2.45, 2.75) is 17.7 Å². The molecule has 0 aliphatic rings. The van der Waals surface area contributed by atoms with Gasteiger partial charge in [0.25, 0.3) is 10.0 Å². The van der Waals surface area contributed by atoms with E-state index in [1.54, 1.807) is 18.2 Å². The molecule has 3 aromatic carbocycles. The molecule has 0 bridgehead atoms. The average molecular weight is 477 g/mol. The molecule has 0 aliphatic carbocycles. The van der Waals surface area contributed by atoms with E-state index in [1.807, 2.05) is 30.3 Å². The van der Waals surface area contributed by atoms with Gasteiger partial charge in [-0.3, -0.25) is 9.10 Å². The van der Waals surface area contributed by atoms with E-state index in [-0.39, 0.29) is 11.4 Å². The van der Waals surface area contributed by atoms with Crippen LogP contribution in [0.2, 0.25) is 10.0 Å². The van der Waals surface area contributed by atoms with Gasteiger partial charge in [0.1, 0.15) is 6.54 Å². The molecule has 1 amide bonds. The van der Waals surface area contributed by atoms with Crippen molar-refractivity contribution in [1.82, 2.24) is 5.32 Å². The van der Waals surface area contributed by atoms with Crippen molar-refractivity contribution in [2.75, 3.05) is 17.4 Å². The van der Waals surface area contributed by atoms with Gasteiger partial charge >= 0.3 is 0 Å². The van der Waals surface area contributed by atoms with Crippen LogP contribution in [0.25, 0.3) is 0 Å². The first kappa shape index (κ1) is 23.1. The Kier molecular flexibility index (Phi) is 7.96. The SMILES string of the molecule is O=C(CN(c1cccc(Cl)c1)S(=O)(=O)c1ccc(Cl)cc1)NCCCc1ccccc1. The number of halogens is 2. The summed E-state index contributed by atoms with van der Waals surface area (Å²) >= 11 is 12.0. The van der Waals surface area contributed by atoms with E-state index in [4.69, 9.17) is 23.2 Å². The van der Waals surface area contributed by atoms with E-state index in [2.05, 4.69) is 5.32 Å². The lowest BCUT2D eigenvalue weighted by atomic mass is 10.1. The first-order valence-electron chi connectivity index (χ1n) is 9.71. The molecule has 0 saturated carbocycles. The van der Waals surface area contributed by atoms with Gasteiger partial charge in [-0.15, -0.1) is 0 Å². The van der Waals surface area contributed by atoms with Gasteiger partial charge in [-0.25, -0.2) is 8.42 Å². The summed E-state index contributed by atoms with van der Waals surface area (Å²) in [5.41, 5.74) is 1.49. The monoisotopic (exact) mass is 476 g/mol. The van der Waals surface area contributed by atoms with Crippen LogP contribution >= 0.6 is 23.2 Å². The van der Waals surface area contributed by atoms with Crippen molar-refractivity contribution in [3.63, 3.8) is 0 Å². The molecule has 0 heterocycles. The standard InChI is InChI=1S/C23H22Cl2N2O3S/c24-19-11-13-22(14-12-19)31(29,30)27(21-10-4-9-20(25)16-21)17-23(28)26-15-5-8-18-6-2-1-3-7-18/h1-4,6-7,9-14,16H,5,8,15,17H2,(H,26,28). The molecule has 0 aliphatic heterocycles. The lowest BCUT2D eigenvalue weighted by Gasteiger charge is -2.24. The molecular weight excluding hydrogens is 455 g/mol. The second-order valence-electron chi connectivity index (χ2n) is 6.88. The van der Waals surface area contributed by atoms with Gasteiger partial charge in [-0.2, -0.15) is 0 Å². The molecule has 0 spiro atoms. The number of benzene rings is 3. The number of nitrogens with one attached hydrogen (secondary N) is 1. The highest BCUT2D eigenvalue weighted by Gasteiger charge is 2.27. The third-order valence-electron chi connectivity index (χ3n) is 4.59. The molecule has 31 heavy (non-hydrogen) atoms. The van der Waals surface area contributed by atoms with E-state index < -0.39 is 15.9 Å². The van der Waals surface area contributed by atoms with Gasteiger partial charge in [-0.05, 0) is 60.9 Å². The zero-order valence-corrected chi connectivity index (χ0v) is 19.0. The van der Waals surface area contributed by atoms with Crippen molar-refractivity contribution in [2.24, 2.45) is 0 Å². The van der Waals surface area contributed by atoms with Gasteiger partial charge in [0, 0.05) is 16.6 Å². The minimum atomic E-state index is -4.00.